The third-order valence-corrected chi connectivity index (χ3v) is 5.99. The first-order valence-electron chi connectivity index (χ1n) is 12.5. The number of amides is 3. The molecule has 0 unspecified atom stereocenters. The van der Waals surface area contributed by atoms with Crippen LogP contribution in [-0.2, 0) is 14.9 Å². The number of nitrogens with one attached hydrogen (secondary N) is 3. The van der Waals surface area contributed by atoms with Crippen molar-refractivity contribution in [2.24, 2.45) is 0 Å². The molecular formula is C29H31ClN6O4. The molecule has 2 aromatic heterocycles. The Morgan fingerprint density at radius 3 is 2.40 bits per heavy atom. The molecule has 0 aliphatic carbocycles. The maximum Gasteiger partial charge on any atom is 0.324 e. The van der Waals surface area contributed by atoms with E-state index in [9.17, 15) is 9.59 Å². The molecule has 0 saturated heterocycles. The van der Waals surface area contributed by atoms with Crippen LogP contribution in [0.3, 0.4) is 0 Å². The van der Waals surface area contributed by atoms with Crippen molar-refractivity contribution in [3.05, 3.63) is 83.1 Å². The van der Waals surface area contributed by atoms with Gasteiger partial charge in [0, 0.05) is 36.5 Å². The van der Waals surface area contributed by atoms with Gasteiger partial charge in [-0.15, -0.1) is 0 Å². The number of urea groups is 1. The minimum atomic E-state index is -0.455. The SMILES string of the molecule is COCC(=O)Nc1cc(Oc2ccc(NC(=O)Nc3cc(C(C)(C)C)nn3-c3ccc(C)cc3)cc2Cl)ccn1. The molecular weight excluding hydrogens is 532 g/mol. The van der Waals surface area contributed by atoms with Crippen LogP contribution in [0.25, 0.3) is 5.69 Å². The number of pyridine rings is 1. The van der Waals surface area contributed by atoms with E-state index < -0.39 is 6.03 Å². The maximum absolute atomic E-state index is 12.9. The number of benzene rings is 2. The lowest BCUT2D eigenvalue weighted by Gasteiger charge is -2.14. The largest absolute Gasteiger partial charge is 0.456 e. The van der Waals surface area contributed by atoms with E-state index in [0.717, 1.165) is 16.9 Å². The summed E-state index contributed by atoms with van der Waals surface area (Å²) in [4.78, 5) is 28.8. The van der Waals surface area contributed by atoms with E-state index >= 15 is 0 Å². The maximum atomic E-state index is 12.9. The molecule has 0 aliphatic rings. The number of methoxy groups -OCH3 is 1. The minimum absolute atomic E-state index is 0.0906. The summed E-state index contributed by atoms with van der Waals surface area (Å²) in [6.45, 7) is 8.11. The van der Waals surface area contributed by atoms with Gasteiger partial charge in [0.15, 0.2) is 0 Å². The number of rotatable bonds is 8. The molecule has 4 aromatic rings. The molecule has 11 heteroatoms. The van der Waals surface area contributed by atoms with Crippen molar-refractivity contribution in [1.29, 1.82) is 0 Å². The van der Waals surface area contributed by atoms with Crippen LogP contribution in [0, 0.1) is 6.92 Å². The van der Waals surface area contributed by atoms with Gasteiger partial charge in [-0.25, -0.2) is 14.5 Å². The second-order valence-corrected chi connectivity index (χ2v) is 10.5. The molecule has 3 N–H and O–H groups in total. The molecule has 3 amide bonds. The van der Waals surface area contributed by atoms with Gasteiger partial charge >= 0.3 is 6.03 Å². The number of halogens is 1. The lowest BCUT2D eigenvalue weighted by Crippen LogP contribution is -2.21. The van der Waals surface area contributed by atoms with Gasteiger partial charge in [0.2, 0.25) is 0 Å². The Morgan fingerprint density at radius 1 is 0.975 bits per heavy atom. The van der Waals surface area contributed by atoms with Gasteiger partial charge in [-0.3, -0.25) is 10.1 Å². The Hall–Kier alpha value is -4.41. The van der Waals surface area contributed by atoms with E-state index in [0.29, 0.717) is 28.8 Å². The number of nitrogens with zero attached hydrogens (tertiary/aromatic N) is 3. The summed E-state index contributed by atoms with van der Waals surface area (Å²) >= 11 is 6.45. The van der Waals surface area contributed by atoms with Gasteiger partial charge in [-0.05, 0) is 43.3 Å². The summed E-state index contributed by atoms with van der Waals surface area (Å²) in [6, 6.07) is 17.4. The summed E-state index contributed by atoms with van der Waals surface area (Å²) in [5.41, 5.74) is 3.05. The van der Waals surface area contributed by atoms with Crippen LogP contribution in [0.4, 0.5) is 22.1 Å². The topological polar surface area (TPSA) is 119 Å². The second-order valence-electron chi connectivity index (χ2n) is 10.1. The molecule has 4 rings (SSSR count). The zero-order valence-corrected chi connectivity index (χ0v) is 23.7. The van der Waals surface area contributed by atoms with E-state index in [-0.39, 0.29) is 23.0 Å². The Bertz CT molecular complexity index is 1510. The van der Waals surface area contributed by atoms with Crippen LogP contribution in [-0.4, -0.2) is 40.4 Å². The average molecular weight is 563 g/mol. The van der Waals surface area contributed by atoms with Gasteiger partial charge in [-0.2, -0.15) is 5.10 Å². The average Bonchev–Trinajstić information content (AvgIpc) is 3.31. The fourth-order valence-electron chi connectivity index (χ4n) is 3.64. The third-order valence-electron chi connectivity index (χ3n) is 5.69. The molecule has 2 aromatic carbocycles. The molecule has 2 heterocycles. The first-order chi connectivity index (χ1) is 19.0. The fourth-order valence-corrected chi connectivity index (χ4v) is 3.86. The lowest BCUT2D eigenvalue weighted by atomic mass is 9.92. The second kappa shape index (κ2) is 12.2. The highest BCUT2D eigenvalue weighted by molar-refractivity contribution is 6.32. The van der Waals surface area contributed by atoms with Crippen molar-refractivity contribution in [1.82, 2.24) is 14.8 Å². The summed E-state index contributed by atoms with van der Waals surface area (Å²) in [7, 11) is 1.43. The van der Waals surface area contributed by atoms with Gasteiger partial charge in [-0.1, -0.05) is 50.1 Å². The summed E-state index contributed by atoms with van der Waals surface area (Å²) in [6.07, 6.45) is 1.50. The Labute approximate surface area is 237 Å². The van der Waals surface area contributed by atoms with Crippen molar-refractivity contribution in [2.45, 2.75) is 33.1 Å². The molecule has 0 spiro atoms. The normalized spacial score (nSPS) is 11.2. The van der Waals surface area contributed by atoms with Gasteiger partial charge in [0.05, 0.1) is 16.4 Å². The number of anilines is 3. The molecule has 0 bridgehead atoms. The molecule has 40 heavy (non-hydrogen) atoms. The van der Waals surface area contributed by atoms with Crippen LogP contribution >= 0.6 is 11.6 Å². The highest BCUT2D eigenvalue weighted by Crippen LogP contribution is 2.32. The van der Waals surface area contributed by atoms with Crippen LogP contribution in [0.1, 0.15) is 32.0 Å². The quantitative estimate of drug-likeness (QED) is 0.224. The molecule has 0 aliphatic heterocycles. The number of carbonyl (C=O) groups excluding carboxylic acids is 2. The number of aromatic nitrogens is 3. The van der Waals surface area contributed by atoms with Gasteiger partial charge < -0.3 is 20.1 Å². The van der Waals surface area contributed by atoms with Crippen LogP contribution < -0.4 is 20.7 Å². The summed E-state index contributed by atoms with van der Waals surface area (Å²) in [5.74, 6) is 1.28. The van der Waals surface area contributed by atoms with Crippen molar-refractivity contribution in [2.75, 3.05) is 29.7 Å². The molecule has 0 radical (unpaired) electrons. The Balaban J connectivity index is 1.46. The van der Waals surface area contributed by atoms with E-state index in [1.54, 1.807) is 35.0 Å². The fraction of sp³-hybridized carbons (Fsp3) is 0.241. The lowest BCUT2D eigenvalue weighted by molar-refractivity contribution is -0.119. The zero-order chi connectivity index (χ0) is 28.9. The van der Waals surface area contributed by atoms with Gasteiger partial charge in [0.25, 0.3) is 5.91 Å². The predicted octanol–water partition coefficient (Wildman–Crippen LogP) is 6.55. The third kappa shape index (κ3) is 7.37. The van der Waals surface area contributed by atoms with E-state index in [1.807, 2.05) is 37.3 Å². The molecule has 0 atom stereocenters. The van der Waals surface area contributed by atoms with Crippen LogP contribution in [0.5, 0.6) is 11.5 Å². The Kier molecular flexibility index (Phi) is 8.71. The highest BCUT2D eigenvalue weighted by Gasteiger charge is 2.21. The first kappa shape index (κ1) is 28.6. The molecule has 208 valence electrons. The van der Waals surface area contributed by atoms with E-state index in [1.165, 1.54) is 13.3 Å². The number of carbonyl (C=O) groups is 2. The van der Waals surface area contributed by atoms with Crippen LogP contribution in [0.2, 0.25) is 5.02 Å². The zero-order valence-electron chi connectivity index (χ0n) is 22.9. The van der Waals surface area contributed by atoms with Crippen LogP contribution in [0.15, 0.2) is 66.9 Å². The number of hydrogen-bond donors (Lipinski definition) is 3. The number of hydrogen-bond acceptors (Lipinski definition) is 6. The molecule has 0 saturated carbocycles. The molecule has 0 fully saturated rings. The predicted molar refractivity (Wildman–Crippen MR) is 156 cm³/mol. The Morgan fingerprint density at radius 2 is 1.73 bits per heavy atom. The summed E-state index contributed by atoms with van der Waals surface area (Å²) in [5, 5.41) is 13.3. The molecule has 10 nitrogen and oxygen atoms in total. The first-order valence-corrected chi connectivity index (χ1v) is 12.9. The van der Waals surface area contributed by atoms with Crippen molar-refractivity contribution in [3.63, 3.8) is 0 Å². The minimum Gasteiger partial charge on any atom is -0.456 e. The smallest absolute Gasteiger partial charge is 0.324 e. The monoisotopic (exact) mass is 562 g/mol. The number of ether oxygens (including phenoxy) is 2. The van der Waals surface area contributed by atoms with Crippen molar-refractivity contribution >= 4 is 40.9 Å². The van der Waals surface area contributed by atoms with E-state index in [4.69, 9.17) is 26.2 Å². The van der Waals surface area contributed by atoms with Crippen molar-refractivity contribution in [3.8, 4) is 17.2 Å². The van der Waals surface area contributed by atoms with Crippen molar-refractivity contribution < 1.29 is 19.1 Å². The standard InChI is InChI=1S/C29H31ClN6O4/c1-18-6-9-20(10-7-18)36-26(16-24(35-36)29(2,3)4)34-28(38)32-19-8-11-23(22(30)14-19)40-21-12-13-31-25(15-21)33-27(37)17-39-5/h6-16H,17H2,1-5H3,(H,31,33,37)(H2,32,34,38). The van der Waals surface area contributed by atoms with Gasteiger partial charge in [0.1, 0.15) is 29.7 Å². The summed E-state index contributed by atoms with van der Waals surface area (Å²) < 4.78 is 12.4. The number of aryl methyl sites for hydroxylation is 1. The highest BCUT2D eigenvalue weighted by atomic mass is 35.5. The van der Waals surface area contributed by atoms with E-state index in [2.05, 4.69) is 41.7 Å².